The van der Waals surface area contributed by atoms with Crippen LogP contribution >= 0.6 is 23.1 Å². The number of hydrogen-bond donors (Lipinski definition) is 2. The SMILES string of the molecule is CSCCCCCCNCc1csc(C(=O)O)n1. The summed E-state index contributed by atoms with van der Waals surface area (Å²) in [7, 11) is 0. The smallest absolute Gasteiger partial charge is 0.365 e. The first-order valence-electron chi connectivity index (χ1n) is 6.11. The van der Waals surface area contributed by atoms with Crippen molar-refractivity contribution in [2.24, 2.45) is 0 Å². The summed E-state index contributed by atoms with van der Waals surface area (Å²) in [5, 5.41) is 14.0. The summed E-state index contributed by atoms with van der Waals surface area (Å²) < 4.78 is 0. The Morgan fingerprint density at radius 3 is 2.89 bits per heavy atom. The van der Waals surface area contributed by atoms with Gasteiger partial charge in [-0.05, 0) is 31.4 Å². The number of carboxylic acid groups (broad SMARTS) is 1. The lowest BCUT2D eigenvalue weighted by atomic mass is 10.2. The molecule has 0 spiro atoms. The normalized spacial score (nSPS) is 10.7. The average molecular weight is 288 g/mol. The van der Waals surface area contributed by atoms with E-state index in [9.17, 15) is 4.79 Å². The maximum Gasteiger partial charge on any atom is 0.365 e. The first-order valence-corrected chi connectivity index (χ1v) is 8.38. The third-order valence-electron chi connectivity index (χ3n) is 2.49. The molecule has 0 aliphatic heterocycles. The van der Waals surface area contributed by atoms with E-state index in [1.165, 1.54) is 42.8 Å². The Kier molecular flexibility index (Phi) is 8.04. The Morgan fingerprint density at radius 1 is 1.44 bits per heavy atom. The molecule has 0 amide bonds. The molecule has 0 saturated heterocycles. The molecule has 1 heterocycles. The van der Waals surface area contributed by atoms with Gasteiger partial charge in [-0.15, -0.1) is 11.3 Å². The van der Waals surface area contributed by atoms with Crippen molar-refractivity contribution in [1.29, 1.82) is 0 Å². The molecule has 0 aliphatic carbocycles. The first-order chi connectivity index (χ1) is 8.74. The van der Waals surface area contributed by atoms with Crippen LogP contribution in [0.2, 0.25) is 0 Å². The van der Waals surface area contributed by atoms with Crippen LogP contribution in [0, 0.1) is 0 Å². The highest BCUT2D eigenvalue weighted by Crippen LogP contribution is 2.09. The Labute approximate surface area is 116 Å². The van der Waals surface area contributed by atoms with E-state index in [2.05, 4.69) is 16.6 Å². The van der Waals surface area contributed by atoms with Crippen molar-refractivity contribution in [3.63, 3.8) is 0 Å². The molecule has 18 heavy (non-hydrogen) atoms. The lowest BCUT2D eigenvalue weighted by Crippen LogP contribution is -2.15. The summed E-state index contributed by atoms with van der Waals surface area (Å²) >= 11 is 3.08. The first kappa shape index (κ1) is 15.5. The third kappa shape index (κ3) is 6.37. The van der Waals surface area contributed by atoms with Gasteiger partial charge in [0.1, 0.15) is 0 Å². The highest BCUT2D eigenvalue weighted by atomic mass is 32.2. The number of carboxylic acids is 1. The minimum Gasteiger partial charge on any atom is -0.476 e. The number of aromatic carboxylic acids is 1. The van der Waals surface area contributed by atoms with Crippen LogP contribution in [0.4, 0.5) is 0 Å². The Morgan fingerprint density at radius 2 is 2.22 bits per heavy atom. The van der Waals surface area contributed by atoms with E-state index in [-0.39, 0.29) is 5.01 Å². The molecule has 1 rings (SSSR count). The fraction of sp³-hybridized carbons (Fsp3) is 0.667. The van der Waals surface area contributed by atoms with Gasteiger partial charge in [0.25, 0.3) is 0 Å². The number of carbonyl (C=O) groups is 1. The quantitative estimate of drug-likeness (QED) is 0.648. The van der Waals surface area contributed by atoms with Crippen molar-refractivity contribution in [3.05, 3.63) is 16.1 Å². The van der Waals surface area contributed by atoms with Gasteiger partial charge in [0.2, 0.25) is 5.01 Å². The van der Waals surface area contributed by atoms with Crippen LogP contribution in [-0.4, -0.2) is 34.6 Å². The second-order valence-electron chi connectivity index (χ2n) is 4.03. The molecule has 0 saturated carbocycles. The van der Waals surface area contributed by atoms with Crippen LogP contribution < -0.4 is 5.32 Å². The van der Waals surface area contributed by atoms with Crippen LogP contribution in [0.15, 0.2) is 5.38 Å². The maximum absolute atomic E-state index is 10.6. The maximum atomic E-state index is 10.6. The summed E-state index contributed by atoms with van der Waals surface area (Å²) in [5.74, 6) is 0.310. The fourth-order valence-corrected chi connectivity index (χ4v) is 2.70. The van der Waals surface area contributed by atoms with Crippen LogP contribution in [0.3, 0.4) is 0 Å². The second kappa shape index (κ2) is 9.35. The van der Waals surface area contributed by atoms with E-state index >= 15 is 0 Å². The number of nitrogens with one attached hydrogen (secondary N) is 1. The van der Waals surface area contributed by atoms with E-state index in [1.807, 2.05) is 11.8 Å². The molecule has 1 aromatic rings. The van der Waals surface area contributed by atoms with E-state index < -0.39 is 5.97 Å². The van der Waals surface area contributed by atoms with E-state index in [0.29, 0.717) is 6.54 Å². The van der Waals surface area contributed by atoms with Gasteiger partial charge in [0.05, 0.1) is 5.69 Å². The minimum atomic E-state index is -0.944. The molecule has 0 bridgehead atoms. The van der Waals surface area contributed by atoms with Crippen molar-refractivity contribution < 1.29 is 9.90 Å². The molecule has 102 valence electrons. The molecule has 0 atom stereocenters. The lowest BCUT2D eigenvalue weighted by molar-refractivity contribution is 0.0696. The summed E-state index contributed by atoms with van der Waals surface area (Å²) in [5.41, 5.74) is 0.819. The van der Waals surface area contributed by atoms with E-state index in [4.69, 9.17) is 5.11 Å². The number of thioether (sulfide) groups is 1. The molecule has 0 aliphatic rings. The molecular weight excluding hydrogens is 268 g/mol. The fourth-order valence-electron chi connectivity index (χ4n) is 1.55. The largest absolute Gasteiger partial charge is 0.476 e. The zero-order valence-corrected chi connectivity index (χ0v) is 12.3. The van der Waals surface area contributed by atoms with Crippen LogP contribution in [0.25, 0.3) is 0 Å². The number of aromatic nitrogens is 1. The number of rotatable bonds is 10. The molecule has 0 radical (unpaired) electrons. The van der Waals surface area contributed by atoms with Crippen LogP contribution in [-0.2, 0) is 6.54 Å². The molecule has 4 nitrogen and oxygen atoms in total. The Bertz CT molecular complexity index is 356. The van der Waals surface area contributed by atoms with Gasteiger partial charge in [0, 0.05) is 11.9 Å². The van der Waals surface area contributed by atoms with Gasteiger partial charge in [-0.2, -0.15) is 11.8 Å². The molecular formula is C12H20N2O2S2. The highest BCUT2D eigenvalue weighted by Gasteiger charge is 2.07. The summed E-state index contributed by atoms with van der Waals surface area (Å²) in [6.07, 6.45) is 7.16. The van der Waals surface area contributed by atoms with Crippen LogP contribution in [0.1, 0.15) is 41.2 Å². The van der Waals surface area contributed by atoms with Gasteiger partial charge in [-0.25, -0.2) is 9.78 Å². The average Bonchev–Trinajstić information content (AvgIpc) is 2.81. The Hall–Kier alpha value is -0.590. The van der Waals surface area contributed by atoms with Gasteiger partial charge < -0.3 is 10.4 Å². The number of hydrogen-bond acceptors (Lipinski definition) is 5. The number of nitrogens with zero attached hydrogens (tertiary/aromatic N) is 1. The topological polar surface area (TPSA) is 62.2 Å². The molecule has 6 heteroatoms. The summed E-state index contributed by atoms with van der Waals surface area (Å²) in [4.78, 5) is 14.7. The molecule has 0 fully saturated rings. The summed E-state index contributed by atoms with van der Waals surface area (Å²) in [6.45, 7) is 1.63. The third-order valence-corrected chi connectivity index (χ3v) is 4.07. The minimum absolute atomic E-state index is 0.170. The van der Waals surface area contributed by atoms with Crippen molar-refractivity contribution in [2.45, 2.75) is 32.2 Å². The van der Waals surface area contributed by atoms with Crippen molar-refractivity contribution >= 4 is 29.1 Å². The van der Waals surface area contributed by atoms with Gasteiger partial charge in [-0.3, -0.25) is 0 Å². The van der Waals surface area contributed by atoms with Crippen molar-refractivity contribution in [1.82, 2.24) is 10.3 Å². The predicted molar refractivity (Wildman–Crippen MR) is 77.6 cm³/mol. The predicted octanol–water partition coefficient (Wildman–Crippen LogP) is 2.85. The lowest BCUT2D eigenvalue weighted by Gasteiger charge is -2.02. The van der Waals surface area contributed by atoms with Crippen molar-refractivity contribution in [3.8, 4) is 0 Å². The molecule has 0 unspecified atom stereocenters. The van der Waals surface area contributed by atoms with Gasteiger partial charge >= 0.3 is 5.97 Å². The van der Waals surface area contributed by atoms with Crippen molar-refractivity contribution in [2.75, 3.05) is 18.6 Å². The Balaban J connectivity index is 2.02. The highest BCUT2D eigenvalue weighted by molar-refractivity contribution is 7.98. The second-order valence-corrected chi connectivity index (χ2v) is 5.88. The standard InChI is InChI=1S/C12H20N2O2S2/c1-17-7-5-3-2-4-6-13-8-10-9-18-11(14-10)12(15)16/h9,13H,2-8H2,1H3,(H,15,16). The van der Waals surface area contributed by atoms with Gasteiger partial charge in [0.15, 0.2) is 0 Å². The number of unbranched alkanes of at least 4 members (excludes halogenated alkanes) is 3. The molecule has 1 aromatic heterocycles. The van der Waals surface area contributed by atoms with E-state index in [0.717, 1.165) is 12.2 Å². The summed E-state index contributed by atoms with van der Waals surface area (Å²) in [6, 6.07) is 0. The van der Waals surface area contributed by atoms with E-state index in [1.54, 1.807) is 5.38 Å². The number of thiazole rings is 1. The zero-order valence-electron chi connectivity index (χ0n) is 10.6. The monoisotopic (exact) mass is 288 g/mol. The van der Waals surface area contributed by atoms with Gasteiger partial charge in [-0.1, -0.05) is 12.8 Å². The zero-order chi connectivity index (χ0) is 13.2. The van der Waals surface area contributed by atoms with Crippen LogP contribution in [0.5, 0.6) is 0 Å². The molecule has 0 aromatic carbocycles. The molecule has 2 N–H and O–H groups in total.